The summed E-state index contributed by atoms with van der Waals surface area (Å²) in [4.78, 5) is 26.9. The quantitative estimate of drug-likeness (QED) is 0.769. The summed E-state index contributed by atoms with van der Waals surface area (Å²) in [6, 6.07) is 7.14. The largest absolute Gasteiger partial charge is 0.477 e. The molecular formula is C22H31ClN2O4. The van der Waals surface area contributed by atoms with E-state index in [0.717, 1.165) is 19.3 Å². The van der Waals surface area contributed by atoms with Gasteiger partial charge in [-0.25, -0.2) is 4.79 Å². The molecule has 3 rings (SSSR count). The molecule has 0 unspecified atom stereocenters. The predicted octanol–water partition coefficient (Wildman–Crippen LogP) is 4.26. The minimum atomic E-state index is -0.755. The molecule has 29 heavy (non-hydrogen) atoms. The van der Waals surface area contributed by atoms with Gasteiger partial charge in [0.2, 0.25) is 0 Å². The van der Waals surface area contributed by atoms with Crippen LogP contribution in [-0.2, 0) is 9.53 Å². The van der Waals surface area contributed by atoms with Crippen molar-refractivity contribution in [1.82, 2.24) is 10.2 Å². The second-order valence-corrected chi connectivity index (χ2v) is 9.61. The van der Waals surface area contributed by atoms with Crippen molar-refractivity contribution in [1.29, 1.82) is 0 Å². The summed E-state index contributed by atoms with van der Waals surface area (Å²) < 4.78 is 11.4. The fourth-order valence-corrected chi connectivity index (χ4v) is 3.87. The van der Waals surface area contributed by atoms with Gasteiger partial charge in [-0.3, -0.25) is 4.79 Å². The van der Waals surface area contributed by atoms with Gasteiger partial charge < -0.3 is 19.7 Å². The number of carbonyl (C=O) groups is 2. The number of halogens is 1. The average Bonchev–Trinajstić information content (AvgIpc) is 3.31. The summed E-state index contributed by atoms with van der Waals surface area (Å²) in [5, 5.41) is 3.48. The van der Waals surface area contributed by atoms with Gasteiger partial charge in [0, 0.05) is 37.0 Å². The van der Waals surface area contributed by atoms with E-state index in [1.54, 1.807) is 24.3 Å². The third-order valence-corrected chi connectivity index (χ3v) is 5.81. The molecule has 1 heterocycles. The highest BCUT2D eigenvalue weighted by Gasteiger charge is 2.62. The number of hydrogen-bond donors (Lipinski definition) is 1. The number of piperidine rings is 1. The molecule has 1 aromatic carbocycles. The lowest BCUT2D eigenvalue weighted by molar-refractivity contribution is -0.143. The molecular weight excluding hydrogens is 392 g/mol. The van der Waals surface area contributed by atoms with Crippen molar-refractivity contribution in [2.45, 2.75) is 58.2 Å². The standard InChI is InChI=1S/C22H31ClN2O4/c1-15-13-22(15,28-18-7-5-17(23)6-8-18)19(26)25-11-9-16(10-12-25)14-24-20(27)29-21(2,3)4/h5-8,15-16H,9-14H2,1-4H3,(H,24,27)/t15-,22+/m1/s1. The van der Waals surface area contributed by atoms with E-state index in [1.807, 2.05) is 32.6 Å². The normalized spacial score (nSPS) is 24.7. The number of nitrogens with zero attached hydrogens (tertiary/aromatic N) is 1. The lowest BCUT2D eigenvalue weighted by Gasteiger charge is -2.35. The van der Waals surface area contributed by atoms with E-state index in [2.05, 4.69) is 5.32 Å². The Kier molecular flexibility index (Phi) is 6.32. The van der Waals surface area contributed by atoms with E-state index in [1.165, 1.54) is 0 Å². The molecule has 7 heteroatoms. The van der Waals surface area contributed by atoms with Crippen LogP contribution in [0.25, 0.3) is 0 Å². The molecule has 0 spiro atoms. The van der Waals surface area contributed by atoms with E-state index in [4.69, 9.17) is 21.1 Å². The van der Waals surface area contributed by atoms with Crippen molar-refractivity contribution in [3.63, 3.8) is 0 Å². The van der Waals surface area contributed by atoms with Crippen molar-refractivity contribution in [2.75, 3.05) is 19.6 Å². The Hall–Kier alpha value is -1.95. The van der Waals surface area contributed by atoms with E-state index in [0.29, 0.717) is 36.3 Å². The summed E-state index contributed by atoms with van der Waals surface area (Å²) in [6.45, 7) is 9.51. The van der Waals surface area contributed by atoms with Crippen LogP contribution in [0.4, 0.5) is 4.79 Å². The number of benzene rings is 1. The third-order valence-electron chi connectivity index (χ3n) is 5.56. The molecule has 2 fully saturated rings. The maximum atomic E-state index is 13.2. The number of carbonyl (C=O) groups excluding carboxylic acids is 2. The molecule has 1 N–H and O–H groups in total. The highest BCUT2D eigenvalue weighted by atomic mass is 35.5. The number of nitrogens with one attached hydrogen (secondary N) is 1. The van der Waals surface area contributed by atoms with Gasteiger partial charge in [0.1, 0.15) is 11.4 Å². The third kappa shape index (κ3) is 5.56. The number of hydrogen-bond acceptors (Lipinski definition) is 4. The molecule has 160 valence electrons. The summed E-state index contributed by atoms with van der Waals surface area (Å²) in [5.41, 5.74) is -1.26. The van der Waals surface area contributed by atoms with Gasteiger partial charge in [0.25, 0.3) is 5.91 Å². The van der Waals surface area contributed by atoms with E-state index >= 15 is 0 Å². The Bertz CT molecular complexity index is 738. The van der Waals surface area contributed by atoms with Crippen LogP contribution in [-0.4, -0.2) is 47.7 Å². The van der Waals surface area contributed by atoms with E-state index in [-0.39, 0.29) is 11.8 Å². The summed E-state index contributed by atoms with van der Waals surface area (Å²) in [7, 11) is 0. The first kappa shape index (κ1) is 21.8. The molecule has 1 saturated carbocycles. The average molecular weight is 423 g/mol. The fourth-order valence-electron chi connectivity index (χ4n) is 3.74. The first-order chi connectivity index (χ1) is 13.6. The van der Waals surface area contributed by atoms with Gasteiger partial charge in [0.15, 0.2) is 5.60 Å². The Morgan fingerprint density at radius 2 is 1.79 bits per heavy atom. The molecule has 1 aliphatic carbocycles. The van der Waals surface area contributed by atoms with Crippen LogP contribution in [0.1, 0.15) is 47.0 Å². The SMILES string of the molecule is C[C@@H]1C[C@@]1(Oc1ccc(Cl)cc1)C(=O)N1CCC(CNC(=O)OC(C)(C)C)CC1. The molecule has 0 radical (unpaired) electrons. The molecule has 6 nitrogen and oxygen atoms in total. The van der Waals surface area contributed by atoms with Gasteiger partial charge in [-0.15, -0.1) is 0 Å². The smallest absolute Gasteiger partial charge is 0.407 e. The molecule has 2 amide bonds. The van der Waals surface area contributed by atoms with Crippen LogP contribution in [0.3, 0.4) is 0 Å². The zero-order chi connectivity index (χ0) is 21.2. The Morgan fingerprint density at radius 1 is 1.21 bits per heavy atom. The summed E-state index contributed by atoms with van der Waals surface area (Å²) >= 11 is 5.94. The van der Waals surface area contributed by atoms with Gasteiger partial charge in [0.05, 0.1) is 0 Å². The highest BCUT2D eigenvalue weighted by Crippen LogP contribution is 2.48. The Morgan fingerprint density at radius 3 is 2.31 bits per heavy atom. The second-order valence-electron chi connectivity index (χ2n) is 9.17. The second kappa shape index (κ2) is 8.42. The van der Waals surface area contributed by atoms with Crippen molar-refractivity contribution in [3.05, 3.63) is 29.3 Å². The minimum absolute atomic E-state index is 0.0681. The molecule has 1 aromatic rings. The van der Waals surface area contributed by atoms with Crippen molar-refractivity contribution in [2.24, 2.45) is 11.8 Å². The van der Waals surface area contributed by atoms with Crippen LogP contribution in [0.15, 0.2) is 24.3 Å². The molecule has 1 saturated heterocycles. The summed E-state index contributed by atoms with van der Waals surface area (Å²) in [6.07, 6.45) is 2.05. The molecule has 2 atom stereocenters. The van der Waals surface area contributed by atoms with Crippen molar-refractivity contribution in [3.8, 4) is 5.75 Å². The zero-order valence-electron chi connectivity index (χ0n) is 17.7. The van der Waals surface area contributed by atoms with Crippen molar-refractivity contribution < 1.29 is 19.1 Å². The lowest BCUT2D eigenvalue weighted by atomic mass is 9.96. The molecule has 2 aliphatic rings. The molecule has 0 aromatic heterocycles. The Labute approximate surface area is 177 Å². The van der Waals surface area contributed by atoms with Gasteiger partial charge in [-0.2, -0.15) is 0 Å². The monoisotopic (exact) mass is 422 g/mol. The number of likely N-dealkylation sites (tertiary alicyclic amines) is 1. The first-order valence-corrected chi connectivity index (χ1v) is 10.7. The van der Waals surface area contributed by atoms with E-state index < -0.39 is 17.3 Å². The maximum absolute atomic E-state index is 13.2. The fraction of sp³-hybridized carbons (Fsp3) is 0.636. The maximum Gasteiger partial charge on any atom is 0.407 e. The minimum Gasteiger partial charge on any atom is -0.477 e. The van der Waals surface area contributed by atoms with Crippen LogP contribution >= 0.6 is 11.6 Å². The number of rotatable bonds is 5. The van der Waals surface area contributed by atoms with Crippen LogP contribution in [0.2, 0.25) is 5.02 Å². The summed E-state index contributed by atoms with van der Waals surface area (Å²) in [5.74, 6) is 1.27. The molecule has 1 aliphatic heterocycles. The van der Waals surface area contributed by atoms with Crippen molar-refractivity contribution >= 4 is 23.6 Å². The van der Waals surface area contributed by atoms with Gasteiger partial charge in [-0.05, 0) is 63.8 Å². The highest BCUT2D eigenvalue weighted by molar-refractivity contribution is 6.30. The van der Waals surface area contributed by atoms with Crippen LogP contribution < -0.4 is 10.1 Å². The molecule has 0 bridgehead atoms. The van der Waals surface area contributed by atoms with Gasteiger partial charge in [-0.1, -0.05) is 18.5 Å². The predicted molar refractivity (Wildman–Crippen MR) is 112 cm³/mol. The van der Waals surface area contributed by atoms with E-state index in [9.17, 15) is 9.59 Å². The van der Waals surface area contributed by atoms with Crippen LogP contribution in [0.5, 0.6) is 5.75 Å². The van der Waals surface area contributed by atoms with Crippen LogP contribution in [0, 0.1) is 11.8 Å². The van der Waals surface area contributed by atoms with Gasteiger partial charge >= 0.3 is 6.09 Å². The number of ether oxygens (including phenoxy) is 2. The lowest BCUT2D eigenvalue weighted by Crippen LogP contribution is -2.49. The zero-order valence-corrected chi connectivity index (χ0v) is 18.4. The number of amides is 2. The topological polar surface area (TPSA) is 67.9 Å². The Balaban J connectivity index is 1.49. The number of alkyl carbamates (subject to hydrolysis) is 1. The first-order valence-electron chi connectivity index (χ1n) is 10.3.